The molecule has 5 heteroatoms. The molecule has 0 saturated heterocycles. The van der Waals surface area contributed by atoms with E-state index < -0.39 is 8.03 Å². The number of hydrogen-bond donors (Lipinski definition) is 1. The van der Waals surface area contributed by atoms with Gasteiger partial charge in [-0.05, 0) is 6.54 Å². The summed E-state index contributed by atoms with van der Waals surface area (Å²) in [5.41, 5.74) is 5.01. The Balaban J connectivity index is 0. The van der Waals surface area contributed by atoms with E-state index >= 15 is 0 Å². The zero-order valence-electron chi connectivity index (χ0n) is 4.96. The largest absolute Gasteiger partial charge is 1.00 e. The summed E-state index contributed by atoms with van der Waals surface area (Å²) in [7, 11) is -2.19. The van der Waals surface area contributed by atoms with E-state index in [9.17, 15) is 9.46 Å². The summed E-state index contributed by atoms with van der Waals surface area (Å²) < 4.78 is 9.74. The van der Waals surface area contributed by atoms with Crippen LogP contribution in [0.15, 0.2) is 0 Å². The first-order valence-corrected chi connectivity index (χ1v) is 3.45. The van der Waals surface area contributed by atoms with Gasteiger partial charge < -0.3 is 10.6 Å². The van der Waals surface area contributed by atoms with Crippen molar-refractivity contribution in [2.24, 2.45) is 5.73 Å². The molecule has 0 bridgehead atoms. The van der Waals surface area contributed by atoms with Gasteiger partial charge in [0.15, 0.2) is 0 Å². The molecule has 42 valence electrons. The molecular weight excluding hydrogens is 136 g/mol. The fourth-order valence-electron chi connectivity index (χ4n) is 0.220. The molecule has 0 aliphatic heterocycles. The van der Waals surface area contributed by atoms with Gasteiger partial charge in [-0.25, -0.2) is 0 Å². The van der Waals surface area contributed by atoms with Gasteiger partial charge in [-0.1, -0.05) is 4.57 Å². The summed E-state index contributed by atoms with van der Waals surface area (Å²) in [6.07, 6.45) is 0.810. The normalized spacial score (nSPS) is 10.0. The topological polar surface area (TPSA) is 66.2 Å². The fourth-order valence-corrected chi connectivity index (χ4v) is 0.661. The van der Waals surface area contributed by atoms with E-state index in [0.717, 1.165) is 0 Å². The Morgan fingerprint density at radius 3 is 2.25 bits per heavy atom. The molecule has 3 nitrogen and oxygen atoms in total. The molecule has 1 atom stereocenters. The smallest absolute Gasteiger partial charge is 0.596 e. The van der Waals surface area contributed by atoms with Crippen LogP contribution in [-0.2, 0) is 4.57 Å². The molecule has 0 aromatic heterocycles. The summed E-state index contributed by atoms with van der Waals surface area (Å²) in [6, 6.07) is 0. The van der Waals surface area contributed by atoms with Crippen molar-refractivity contribution in [1.82, 2.24) is 0 Å². The molecule has 0 saturated carbocycles. The van der Waals surface area contributed by atoms with Crippen LogP contribution in [0.3, 0.4) is 0 Å². The van der Waals surface area contributed by atoms with Crippen LogP contribution in [-0.4, -0.2) is 12.7 Å². The molecule has 0 heterocycles. The Kier molecular flexibility index (Phi) is 11.8. The van der Waals surface area contributed by atoms with Gasteiger partial charge in [0.2, 0.25) is 0 Å². The predicted octanol–water partition coefficient (Wildman–Crippen LogP) is -3.56. The van der Waals surface area contributed by atoms with Crippen molar-refractivity contribution in [1.29, 1.82) is 0 Å². The maximum atomic E-state index is 9.74. The van der Waals surface area contributed by atoms with E-state index in [-0.39, 0.29) is 35.7 Å². The second-order valence-electron chi connectivity index (χ2n) is 1.20. The zero-order valence-corrected chi connectivity index (χ0v) is 7.86. The first-order valence-electron chi connectivity index (χ1n) is 2.09. The minimum atomic E-state index is -2.19. The van der Waals surface area contributed by atoms with Crippen molar-refractivity contribution in [3.63, 3.8) is 0 Å². The van der Waals surface area contributed by atoms with Crippen molar-refractivity contribution in [2.45, 2.75) is 6.42 Å². The molecule has 0 rings (SSSR count). The van der Waals surface area contributed by atoms with Gasteiger partial charge in [0, 0.05) is 6.42 Å². The summed E-state index contributed by atoms with van der Waals surface area (Å²) in [4.78, 5) is 9.74. The molecular formula is C3H8NNaO2P+. The van der Waals surface area contributed by atoms with Gasteiger partial charge in [-0.3, -0.25) is 0 Å². The first-order chi connectivity index (χ1) is 3.27. The SMILES string of the molecule is NCCC[P+](=O)[O-].[Na+]. The summed E-state index contributed by atoms with van der Waals surface area (Å²) in [5.74, 6) is 0. The van der Waals surface area contributed by atoms with Gasteiger partial charge in [0.05, 0.1) is 0 Å². The van der Waals surface area contributed by atoms with Crippen LogP contribution in [0.1, 0.15) is 6.42 Å². The molecule has 0 spiro atoms. The number of rotatable bonds is 3. The summed E-state index contributed by atoms with van der Waals surface area (Å²) >= 11 is 0. The van der Waals surface area contributed by atoms with Crippen LogP contribution >= 0.6 is 8.03 Å². The predicted molar refractivity (Wildman–Crippen MR) is 26.1 cm³/mol. The van der Waals surface area contributed by atoms with Gasteiger partial charge >= 0.3 is 37.6 Å². The van der Waals surface area contributed by atoms with E-state index in [2.05, 4.69) is 0 Å². The number of hydrogen-bond acceptors (Lipinski definition) is 3. The standard InChI is InChI=1S/C3H8NO2P.Na/c4-2-1-3-7(5)6;/h1-4H2;/q;+1. The van der Waals surface area contributed by atoms with Crippen molar-refractivity contribution in [3.05, 3.63) is 0 Å². The van der Waals surface area contributed by atoms with E-state index in [4.69, 9.17) is 5.73 Å². The molecule has 0 aromatic rings. The molecule has 0 aliphatic rings. The summed E-state index contributed by atoms with van der Waals surface area (Å²) in [5, 5.41) is 0. The van der Waals surface area contributed by atoms with Gasteiger partial charge in [0.1, 0.15) is 6.16 Å². The van der Waals surface area contributed by atoms with Crippen molar-refractivity contribution in [3.8, 4) is 0 Å². The minimum Gasteiger partial charge on any atom is -0.596 e. The van der Waals surface area contributed by atoms with Crippen LogP contribution in [0.25, 0.3) is 0 Å². The van der Waals surface area contributed by atoms with Crippen LogP contribution < -0.4 is 40.2 Å². The average Bonchev–Trinajstić information content (AvgIpc) is 1.61. The van der Waals surface area contributed by atoms with Crippen molar-refractivity contribution < 1.29 is 39.0 Å². The van der Waals surface area contributed by atoms with Crippen molar-refractivity contribution >= 4 is 8.03 Å². The zero-order chi connectivity index (χ0) is 5.70. The molecule has 0 aliphatic carbocycles. The van der Waals surface area contributed by atoms with E-state index in [1.54, 1.807) is 0 Å². The van der Waals surface area contributed by atoms with Gasteiger partial charge in [-0.2, -0.15) is 0 Å². The fraction of sp³-hybridized carbons (Fsp3) is 1.00. The Bertz CT molecular complexity index is 70.3. The Morgan fingerprint density at radius 2 is 2.12 bits per heavy atom. The molecule has 2 N–H and O–H groups in total. The van der Waals surface area contributed by atoms with Crippen LogP contribution in [0.4, 0.5) is 0 Å². The minimum absolute atomic E-state index is 0. The molecule has 0 aromatic carbocycles. The second-order valence-corrected chi connectivity index (χ2v) is 2.31. The Hall–Kier alpha value is 1.02. The summed E-state index contributed by atoms with van der Waals surface area (Å²) in [6.45, 7) is 0.462. The van der Waals surface area contributed by atoms with Gasteiger partial charge in [-0.15, -0.1) is 0 Å². The van der Waals surface area contributed by atoms with Crippen LogP contribution in [0.2, 0.25) is 0 Å². The molecule has 8 heavy (non-hydrogen) atoms. The average molecular weight is 144 g/mol. The number of nitrogens with two attached hydrogens (primary N) is 1. The molecule has 0 radical (unpaired) electrons. The third-order valence-electron chi connectivity index (χ3n) is 0.545. The molecule has 0 fully saturated rings. The van der Waals surface area contributed by atoms with Crippen LogP contribution in [0.5, 0.6) is 0 Å². The van der Waals surface area contributed by atoms with Gasteiger partial charge in [0.25, 0.3) is 0 Å². The van der Waals surface area contributed by atoms with E-state index in [1.807, 2.05) is 0 Å². The molecule has 1 unspecified atom stereocenters. The second kappa shape index (κ2) is 8.02. The quantitative estimate of drug-likeness (QED) is 0.329. The maximum Gasteiger partial charge on any atom is 1.00 e. The third kappa shape index (κ3) is 10.1. The monoisotopic (exact) mass is 144 g/mol. The van der Waals surface area contributed by atoms with Crippen molar-refractivity contribution in [2.75, 3.05) is 12.7 Å². The molecule has 0 amide bonds. The van der Waals surface area contributed by atoms with E-state index in [1.165, 1.54) is 0 Å². The first kappa shape index (κ1) is 11.8. The maximum absolute atomic E-state index is 9.74. The Labute approximate surface area is 71.8 Å². The third-order valence-corrected chi connectivity index (χ3v) is 1.23. The van der Waals surface area contributed by atoms with Crippen LogP contribution in [0, 0.1) is 0 Å². The Morgan fingerprint density at radius 1 is 1.62 bits per heavy atom. The van der Waals surface area contributed by atoms with E-state index in [0.29, 0.717) is 13.0 Å².